The molecule has 1 aliphatic rings. The molecule has 2 aromatic carbocycles. The van der Waals surface area contributed by atoms with Crippen LogP contribution in [0.1, 0.15) is 44.8 Å². The minimum Gasteiger partial charge on any atom is -0.487 e. The summed E-state index contributed by atoms with van der Waals surface area (Å²) < 4.78 is 13.4. The number of aryl methyl sites for hydroxylation is 1. The number of para-hydroxylation sites is 1. The summed E-state index contributed by atoms with van der Waals surface area (Å²) in [4.78, 5) is 30.2. The second kappa shape index (κ2) is 10.6. The van der Waals surface area contributed by atoms with Crippen molar-refractivity contribution >= 4 is 23.1 Å². The van der Waals surface area contributed by atoms with Gasteiger partial charge in [-0.15, -0.1) is 0 Å². The highest BCUT2D eigenvalue weighted by molar-refractivity contribution is 6.09. The van der Waals surface area contributed by atoms with Crippen molar-refractivity contribution in [2.45, 2.75) is 32.5 Å². The summed E-state index contributed by atoms with van der Waals surface area (Å²) in [6.07, 6.45) is 5.90. The largest absolute Gasteiger partial charge is 0.487 e. The third kappa shape index (κ3) is 5.39. The number of fused-ring (bicyclic) bond motifs is 1. The Labute approximate surface area is 209 Å². The van der Waals surface area contributed by atoms with E-state index in [1.54, 1.807) is 48.5 Å². The van der Waals surface area contributed by atoms with Crippen LogP contribution < -0.4 is 15.4 Å². The van der Waals surface area contributed by atoms with Crippen LogP contribution in [0.25, 0.3) is 5.65 Å². The number of nitrogens with one attached hydrogen (secondary N) is 2. The van der Waals surface area contributed by atoms with Gasteiger partial charge in [-0.1, -0.05) is 18.2 Å². The number of carbonyl (C=O) groups excluding carboxylic acids is 2. The predicted octanol–water partition coefficient (Wildman–Crippen LogP) is 4.38. The molecule has 0 saturated carbocycles. The summed E-state index contributed by atoms with van der Waals surface area (Å²) in [5.74, 6) is 0.0817. The van der Waals surface area contributed by atoms with E-state index in [9.17, 15) is 9.59 Å². The van der Waals surface area contributed by atoms with Gasteiger partial charge in [-0.2, -0.15) is 0 Å². The first-order chi connectivity index (χ1) is 17.6. The number of imidazole rings is 1. The Hall–Kier alpha value is -4.17. The first-order valence-electron chi connectivity index (χ1n) is 12.0. The summed E-state index contributed by atoms with van der Waals surface area (Å²) in [6, 6.07) is 17.8. The lowest BCUT2D eigenvalue weighted by molar-refractivity contribution is 0.0858. The van der Waals surface area contributed by atoms with Crippen molar-refractivity contribution in [3.8, 4) is 5.75 Å². The third-order valence-electron chi connectivity index (χ3n) is 6.17. The molecule has 0 bridgehead atoms. The fourth-order valence-corrected chi connectivity index (χ4v) is 4.23. The van der Waals surface area contributed by atoms with E-state index in [1.165, 1.54) is 0 Å². The highest BCUT2D eigenvalue weighted by Crippen LogP contribution is 2.19. The molecule has 0 unspecified atom stereocenters. The average Bonchev–Trinajstić information content (AvgIpc) is 3.57. The Morgan fingerprint density at radius 2 is 1.92 bits per heavy atom. The number of carbonyl (C=O) groups is 2. The SMILES string of the molecule is Cc1cccn2cc(COc3ccc(C(=O)Nc4ccccc4C(=O)NC[C@H]4CCCO4)cc3)nc12. The first-order valence-corrected chi connectivity index (χ1v) is 12.0. The van der Waals surface area contributed by atoms with Gasteiger partial charge in [0.1, 0.15) is 18.0 Å². The highest BCUT2D eigenvalue weighted by atomic mass is 16.5. The summed E-state index contributed by atoms with van der Waals surface area (Å²) in [5, 5.41) is 5.75. The number of benzene rings is 2. The number of hydrogen-bond acceptors (Lipinski definition) is 5. The molecule has 1 saturated heterocycles. The molecule has 8 nitrogen and oxygen atoms in total. The molecule has 8 heteroatoms. The molecule has 2 aromatic heterocycles. The molecule has 36 heavy (non-hydrogen) atoms. The van der Waals surface area contributed by atoms with Gasteiger partial charge in [0.25, 0.3) is 11.8 Å². The molecular formula is C28H28N4O4. The fourth-order valence-electron chi connectivity index (χ4n) is 4.23. The maximum Gasteiger partial charge on any atom is 0.255 e. The molecular weight excluding hydrogens is 456 g/mol. The smallest absolute Gasteiger partial charge is 0.255 e. The fraction of sp³-hybridized carbons (Fsp3) is 0.250. The van der Waals surface area contributed by atoms with E-state index in [1.807, 2.05) is 35.9 Å². The monoisotopic (exact) mass is 484 g/mol. The van der Waals surface area contributed by atoms with Gasteiger partial charge >= 0.3 is 0 Å². The zero-order chi connectivity index (χ0) is 24.9. The molecule has 2 N–H and O–H groups in total. The number of hydrogen-bond donors (Lipinski definition) is 2. The van der Waals surface area contributed by atoms with Crippen molar-refractivity contribution in [2.75, 3.05) is 18.5 Å². The molecule has 0 aliphatic carbocycles. The average molecular weight is 485 g/mol. The molecule has 184 valence electrons. The normalized spacial score (nSPS) is 15.1. The van der Waals surface area contributed by atoms with Gasteiger partial charge in [-0.3, -0.25) is 9.59 Å². The zero-order valence-corrected chi connectivity index (χ0v) is 20.1. The summed E-state index contributed by atoms with van der Waals surface area (Å²) in [5.41, 5.74) is 4.15. The van der Waals surface area contributed by atoms with Gasteiger partial charge in [-0.25, -0.2) is 4.98 Å². The number of nitrogens with zero attached hydrogens (tertiary/aromatic N) is 2. The van der Waals surface area contributed by atoms with Crippen LogP contribution >= 0.6 is 0 Å². The number of aromatic nitrogens is 2. The topological polar surface area (TPSA) is 94.0 Å². The summed E-state index contributed by atoms with van der Waals surface area (Å²) in [7, 11) is 0. The molecule has 3 heterocycles. The lowest BCUT2D eigenvalue weighted by Gasteiger charge is -2.14. The number of anilines is 1. The van der Waals surface area contributed by atoms with E-state index >= 15 is 0 Å². The predicted molar refractivity (Wildman–Crippen MR) is 136 cm³/mol. The van der Waals surface area contributed by atoms with E-state index < -0.39 is 0 Å². The molecule has 1 atom stereocenters. The number of pyridine rings is 1. The standard InChI is InChI=1S/C28H28N4O4/c1-19-6-4-14-32-17-21(30-26(19)32)18-36-22-12-10-20(11-13-22)27(33)31-25-9-3-2-8-24(25)28(34)29-16-23-7-5-15-35-23/h2-4,6,8-14,17,23H,5,7,15-16,18H2,1H3,(H,29,34)(H,31,33)/t23-/m1/s1. The molecule has 2 amide bonds. The second-order valence-corrected chi connectivity index (χ2v) is 8.81. The maximum absolute atomic E-state index is 12.9. The van der Waals surface area contributed by atoms with Crippen LogP contribution in [0.3, 0.4) is 0 Å². The quantitative estimate of drug-likeness (QED) is 0.387. The van der Waals surface area contributed by atoms with E-state index in [2.05, 4.69) is 15.6 Å². The van der Waals surface area contributed by atoms with E-state index in [0.717, 1.165) is 36.4 Å². The van der Waals surface area contributed by atoms with Crippen LogP contribution in [0.4, 0.5) is 5.69 Å². The van der Waals surface area contributed by atoms with Gasteiger partial charge in [0.2, 0.25) is 0 Å². The van der Waals surface area contributed by atoms with Crippen LogP contribution in [0, 0.1) is 6.92 Å². The summed E-state index contributed by atoms with van der Waals surface area (Å²) >= 11 is 0. The third-order valence-corrected chi connectivity index (χ3v) is 6.17. The van der Waals surface area contributed by atoms with Crippen molar-refractivity contribution in [2.24, 2.45) is 0 Å². The Morgan fingerprint density at radius 1 is 1.08 bits per heavy atom. The molecule has 4 aromatic rings. The molecule has 0 spiro atoms. The Morgan fingerprint density at radius 3 is 2.69 bits per heavy atom. The molecule has 1 fully saturated rings. The maximum atomic E-state index is 12.9. The van der Waals surface area contributed by atoms with Crippen LogP contribution in [-0.2, 0) is 11.3 Å². The van der Waals surface area contributed by atoms with Crippen LogP contribution in [0.2, 0.25) is 0 Å². The first kappa shape index (κ1) is 23.6. The number of ether oxygens (including phenoxy) is 2. The lowest BCUT2D eigenvalue weighted by atomic mass is 10.1. The van der Waals surface area contributed by atoms with Gasteiger partial charge in [0.05, 0.1) is 23.0 Å². The van der Waals surface area contributed by atoms with Crippen LogP contribution in [0.15, 0.2) is 73.1 Å². The summed E-state index contributed by atoms with van der Waals surface area (Å²) in [6.45, 7) is 3.53. The minimum absolute atomic E-state index is 0.0493. The zero-order valence-electron chi connectivity index (χ0n) is 20.1. The Bertz CT molecular complexity index is 1370. The van der Waals surface area contributed by atoms with Gasteiger partial charge < -0.3 is 24.5 Å². The van der Waals surface area contributed by atoms with Crippen molar-refractivity contribution in [3.05, 3.63) is 95.4 Å². The van der Waals surface area contributed by atoms with Gasteiger partial charge in [0, 0.05) is 31.1 Å². The number of amides is 2. The molecule has 0 radical (unpaired) electrons. The van der Waals surface area contributed by atoms with Gasteiger partial charge in [-0.05, 0) is 67.8 Å². The Balaban J connectivity index is 1.19. The van der Waals surface area contributed by atoms with Crippen molar-refractivity contribution in [3.63, 3.8) is 0 Å². The second-order valence-electron chi connectivity index (χ2n) is 8.81. The Kier molecular flexibility index (Phi) is 6.95. The van der Waals surface area contributed by atoms with Crippen molar-refractivity contribution < 1.29 is 19.1 Å². The van der Waals surface area contributed by atoms with E-state index in [4.69, 9.17) is 9.47 Å². The molecule has 1 aliphatic heterocycles. The van der Waals surface area contributed by atoms with E-state index in [0.29, 0.717) is 35.7 Å². The molecule has 5 rings (SSSR count). The minimum atomic E-state index is -0.309. The van der Waals surface area contributed by atoms with E-state index in [-0.39, 0.29) is 17.9 Å². The van der Waals surface area contributed by atoms with Crippen molar-refractivity contribution in [1.29, 1.82) is 0 Å². The highest BCUT2D eigenvalue weighted by Gasteiger charge is 2.19. The van der Waals surface area contributed by atoms with Crippen LogP contribution in [-0.4, -0.2) is 40.5 Å². The van der Waals surface area contributed by atoms with Crippen molar-refractivity contribution in [1.82, 2.24) is 14.7 Å². The van der Waals surface area contributed by atoms with Gasteiger partial charge in [0.15, 0.2) is 0 Å². The lowest BCUT2D eigenvalue weighted by Crippen LogP contribution is -2.32. The number of rotatable bonds is 8. The van der Waals surface area contributed by atoms with Crippen LogP contribution in [0.5, 0.6) is 5.75 Å².